The third-order valence-corrected chi connectivity index (χ3v) is 3.80. The molecule has 0 heterocycles. The first-order valence-electron chi connectivity index (χ1n) is 8.00. The molecule has 0 aliphatic heterocycles. The highest BCUT2D eigenvalue weighted by Crippen LogP contribution is 2.27. The number of aliphatic carboxylic acids is 1. The number of nitrogens with two attached hydrogens (primary N) is 1. The standard InChI is InChI=1S/C19H23NO4/c20-11-13-24-12-1-2-14-3-5-15(6-4-14)18(19(22)23)16-7-9-17(21)10-8-16/h3-10,18,21H,1-2,11-13,20H2,(H,22,23). The van der Waals surface area contributed by atoms with Crippen molar-refractivity contribution in [1.82, 2.24) is 0 Å². The fourth-order valence-corrected chi connectivity index (χ4v) is 2.58. The SMILES string of the molecule is NCCOCCCc1ccc(C(C(=O)O)c2ccc(O)cc2)cc1. The van der Waals surface area contributed by atoms with Crippen LogP contribution in [0, 0.1) is 0 Å². The Morgan fingerprint density at radius 2 is 1.58 bits per heavy atom. The fraction of sp³-hybridized carbons (Fsp3) is 0.316. The number of aromatic hydroxyl groups is 1. The minimum atomic E-state index is -0.913. The van der Waals surface area contributed by atoms with E-state index in [2.05, 4.69) is 0 Å². The first-order chi connectivity index (χ1) is 11.6. The average molecular weight is 329 g/mol. The van der Waals surface area contributed by atoms with Crippen molar-refractivity contribution in [3.63, 3.8) is 0 Å². The van der Waals surface area contributed by atoms with E-state index < -0.39 is 11.9 Å². The third kappa shape index (κ3) is 5.08. The molecule has 24 heavy (non-hydrogen) atoms. The Labute approximate surface area is 141 Å². The number of ether oxygens (including phenoxy) is 1. The molecule has 2 rings (SSSR count). The van der Waals surface area contributed by atoms with E-state index >= 15 is 0 Å². The van der Waals surface area contributed by atoms with Gasteiger partial charge in [0.05, 0.1) is 6.61 Å². The van der Waals surface area contributed by atoms with Gasteiger partial charge < -0.3 is 20.7 Å². The van der Waals surface area contributed by atoms with Crippen LogP contribution in [0.3, 0.4) is 0 Å². The Balaban J connectivity index is 2.03. The lowest BCUT2D eigenvalue weighted by atomic mass is 9.90. The van der Waals surface area contributed by atoms with Gasteiger partial charge >= 0.3 is 5.97 Å². The maximum absolute atomic E-state index is 11.7. The second-order valence-electron chi connectivity index (χ2n) is 5.61. The summed E-state index contributed by atoms with van der Waals surface area (Å²) in [6.45, 7) is 1.78. The Morgan fingerprint density at radius 1 is 1.00 bits per heavy atom. The van der Waals surface area contributed by atoms with Gasteiger partial charge in [0.1, 0.15) is 11.7 Å². The largest absolute Gasteiger partial charge is 0.508 e. The number of carboxylic acids is 1. The van der Waals surface area contributed by atoms with Gasteiger partial charge in [0.25, 0.3) is 0 Å². The molecule has 0 aliphatic carbocycles. The lowest BCUT2D eigenvalue weighted by Gasteiger charge is -2.14. The molecule has 2 aromatic rings. The lowest BCUT2D eigenvalue weighted by Crippen LogP contribution is -2.13. The molecule has 128 valence electrons. The van der Waals surface area contributed by atoms with Gasteiger partial charge in [-0.2, -0.15) is 0 Å². The summed E-state index contributed by atoms with van der Waals surface area (Å²) in [6, 6.07) is 13.9. The van der Waals surface area contributed by atoms with Crippen LogP contribution in [0.2, 0.25) is 0 Å². The number of hydrogen-bond acceptors (Lipinski definition) is 4. The third-order valence-electron chi connectivity index (χ3n) is 3.80. The molecular weight excluding hydrogens is 306 g/mol. The highest BCUT2D eigenvalue weighted by atomic mass is 16.5. The van der Waals surface area contributed by atoms with Crippen LogP contribution in [-0.2, 0) is 16.0 Å². The van der Waals surface area contributed by atoms with E-state index in [1.807, 2.05) is 24.3 Å². The van der Waals surface area contributed by atoms with E-state index in [4.69, 9.17) is 10.5 Å². The van der Waals surface area contributed by atoms with Crippen molar-refractivity contribution in [3.8, 4) is 5.75 Å². The molecule has 5 nitrogen and oxygen atoms in total. The van der Waals surface area contributed by atoms with Gasteiger partial charge in [-0.3, -0.25) is 4.79 Å². The number of carboxylic acid groups (broad SMARTS) is 1. The van der Waals surface area contributed by atoms with Crippen molar-refractivity contribution in [2.24, 2.45) is 5.73 Å². The quantitative estimate of drug-likeness (QED) is 0.615. The predicted molar refractivity (Wildman–Crippen MR) is 92.2 cm³/mol. The van der Waals surface area contributed by atoms with Crippen LogP contribution in [0.25, 0.3) is 0 Å². The summed E-state index contributed by atoms with van der Waals surface area (Å²) in [5, 5.41) is 18.9. The molecule has 2 aromatic carbocycles. The number of aryl methyl sites for hydroxylation is 1. The smallest absolute Gasteiger partial charge is 0.315 e. The van der Waals surface area contributed by atoms with Crippen LogP contribution in [-0.4, -0.2) is 35.9 Å². The molecule has 0 aromatic heterocycles. The molecule has 0 radical (unpaired) electrons. The van der Waals surface area contributed by atoms with Crippen LogP contribution >= 0.6 is 0 Å². The molecule has 4 N–H and O–H groups in total. The fourth-order valence-electron chi connectivity index (χ4n) is 2.58. The van der Waals surface area contributed by atoms with Crippen molar-refractivity contribution in [2.75, 3.05) is 19.8 Å². The Hall–Kier alpha value is -2.37. The van der Waals surface area contributed by atoms with Crippen molar-refractivity contribution in [3.05, 3.63) is 65.2 Å². The predicted octanol–water partition coefficient (Wildman–Crippen LogP) is 2.52. The van der Waals surface area contributed by atoms with Gasteiger partial charge in [0.2, 0.25) is 0 Å². The van der Waals surface area contributed by atoms with Crippen molar-refractivity contribution < 1.29 is 19.7 Å². The van der Waals surface area contributed by atoms with E-state index in [0.29, 0.717) is 25.3 Å². The maximum atomic E-state index is 11.7. The van der Waals surface area contributed by atoms with Crippen LogP contribution in [0.5, 0.6) is 5.75 Å². The van der Waals surface area contributed by atoms with Crippen LogP contribution < -0.4 is 5.73 Å². The van der Waals surface area contributed by atoms with Gasteiger partial charge in [-0.25, -0.2) is 0 Å². The second-order valence-corrected chi connectivity index (χ2v) is 5.61. The van der Waals surface area contributed by atoms with E-state index in [-0.39, 0.29) is 5.75 Å². The van der Waals surface area contributed by atoms with Gasteiger partial charge in [-0.15, -0.1) is 0 Å². The Morgan fingerprint density at radius 3 is 2.12 bits per heavy atom. The highest BCUT2D eigenvalue weighted by Gasteiger charge is 2.21. The molecule has 0 aliphatic rings. The number of rotatable bonds is 9. The zero-order chi connectivity index (χ0) is 17.4. The minimum Gasteiger partial charge on any atom is -0.508 e. The highest BCUT2D eigenvalue weighted by molar-refractivity contribution is 5.80. The molecule has 1 unspecified atom stereocenters. The van der Waals surface area contributed by atoms with Crippen LogP contribution in [0.4, 0.5) is 0 Å². The molecule has 0 bridgehead atoms. The zero-order valence-electron chi connectivity index (χ0n) is 13.5. The monoisotopic (exact) mass is 329 g/mol. The average Bonchev–Trinajstić information content (AvgIpc) is 2.58. The molecule has 5 heteroatoms. The molecule has 0 spiro atoms. The molecule has 1 atom stereocenters. The summed E-state index contributed by atoms with van der Waals surface area (Å²) in [6.07, 6.45) is 1.78. The van der Waals surface area contributed by atoms with E-state index in [0.717, 1.165) is 24.0 Å². The van der Waals surface area contributed by atoms with E-state index in [1.165, 1.54) is 12.1 Å². The number of carbonyl (C=O) groups is 1. The number of benzene rings is 2. The van der Waals surface area contributed by atoms with Gasteiger partial charge in [-0.1, -0.05) is 36.4 Å². The van der Waals surface area contributed by atoms with Gasteiger partial charge in [0.15, 0.2) is 0 Å². The summed E-state index contributed by atoms with van der Waals surface area (Å²) >= 11 is 0. The number of phenolic OH excluding ortho intramolecular Hbond substituents is 1. The van der Waals surface area contributed by atoms with Gasteiger partial charge in [-0.05, 0) is 41.7 Å². The molecular formula is C19H23NO4. The summed E-state index contributed by atoms with van der Waals surface area (Å²) in [4.78, 5) is 11.7. The first-order valence-corrected chi connectivity index (χ1v) is 8.00. The lowest BCUT2D eigenvalue weighted by molar-refractivity contribution is -0.137. The minimum absolute atomic E-state index is 0.120. The van der Waals surface area contributed by atoms with Crippen molar-refractivity contribution >= 4 is 5.97 Å². The molecule has 0 amide bonds. The summed E-state index contributed by atoms with van der Waals surface area (Å²) < 4.78 is 5.34. The Kier molecular flexibility index (Phi) is 6.78. The van der Waals surface area contributed by atoms with Gasteiger partial charge in [0, 0.05) is 13.2 Å². The number of phenols is 1. The topological polar surface area (TPSA) is 92.8 Å². The van der Waals surface area contributed by atoms with E-state index in [9.17, 15) is 15.0 Å². The first kappa shape index (κ1) is 18.0. The summed E-state index contributed by atoms with van der Waals surface area (Å²) in [5.74, 6) is -1.54. The van der Waals surface area contributed by atoms with E-state index in [1.54, 1.807) is 12.1 Å². The van der Waals surface area contributed by atoms with Crippen LogP contribution in [0.1, 0.15) is 29.0 Å². The maximum Gasteiger partial charge on any atom is 0.315 e. The molecule has 0 saturated heterocycles. The molecule has 0 fully saturated rings. The summed E-state index contributed by atoms with van der Waals surface area (Å²) in [5.41, 5.74) is 7.86. The van der Waals surface area contributed by atoms with Crippen molar-refractivity contribution in [2.45, 2.75) is 18.8 Å². The molecule has 0 saturated carbocycles. The van der Waals surface area contributed by atoms with Crippen molar-refractivity contribution in [1.29, 1.82) is 0 Å². The zero-order valence-corrected chi connectivity index (χ0v) is 13.5. The normalized spacial score (nSPS) is 12.0. The second kappa shape index (κ2) is 9.05. The Bertz CT molecular complexity index is 637. The number of hydrogen-bond donors (Lipinski definition) is 3. The van der Waals surface area contributed by atoms with Crippen LogP contribution in [0.15, 0.2) is 48.5 Å². The summed E-state index contributed by atoms with van der Waals surface area (Å²) in [7, 11) is 0.